The molecule has 3 atom stereocenters. The first-order valence-corrected chi connectivity index (χ1v) is 11.0. The number of rotatable bonds is 0. The third-order valence-electron chi connectivity index (χ3n) is 5.61. The number of pyridine rings is 1. The summed E-state index contributed by atoms with van der Waals surface area (Å²) in [7, 11) is 0. The van der Waals surface area contributed by atoms with Gasteiger partial charge in [-0.25, -0.2) is 9.18 Å². The van der Waals surface area contributed by atoms with Crippen LogP contribution in [0.2, 0.25) is 0 Å². The van der Waals surface area contributed by atoms with Crippen molar-refractivity contribution in [3.63, 3.8) is 0 Å². The number of nitrogens with one attached hydrogen (secondary N) is 2. The van der Waals surface area contributed by atoms with Crippen LogP contribution in [0.4, 0.5) is 14.9 Å². The number of phenols is 1. The van der Waals surface area contributed by atoms with Crippen LogP contribution in [0.25, 0.3) is 10.9 Å². The minimum Gasteiger partial charge on any atom is -0.504 e. The molecular formula is C23H29FN4O5. The van der Waals surface area contributed by atoms with E-state index in [4.69, 9.17) is 9.47 Å². The molecule has 178 valence electrons. The summed E-state index contributed by atoms with van der Waals surface area (Å²) in [4.78, 5) is 31.5. The first-order valence-electron chi connectivity index (χ1n) is 11.0. The van der Waals surface area contributed by atoms with Gasteiger partial charge in [-0.05, 0) is 51.8 Å². The monoisotopic (exact) mass is 460 g/mol. The summed E-state index contributed by atoms with van der Waals surface area (Å²) in [6.07, 6.45) is 0.465. The lowest BCUT2D eigenvalue weighted by molar-refractivity contribution is -0.128. The molecule has 0 radical (unpaired) electrons. The molecule has 1 aromatic carbocycles. The van der Waals surface area contributed by atoms with Crippen molar-refractivity contribution in [3.8, 4) is 11.5 Å². The predicted molar refractivity (Wildman–Crippen MR) is 120 cm³/mol. The van der Waals surface area contributed by atoms with Gasteiger partial charge < -0.3 is 25.2 Å². The van der Waals surface area contributed by atoms with Crippen LogP contribution >= 0.6 is 0 Å². The van der Waals surface area contributed by atoms with Crippen LogP contribution < -0.4 is 15.4 Å². The van der Waals surface area contributed by atoms with Crippen LogP contribution in [0.5, 0.6) is 11.5 Å². The van der Waals surface area contributed by atoms with Crippen molar-refractivity contribution >= 4 is 28.6 Å². The number of anilines is 1. The molecule has 0 saturated carbocycles. The van der Waals surface area contributed by atoms with E-state index < -0.39 is 29.8 Å². The van der Waals surface area contributed by atoms with Crippen LogP contribution in [0.15, 0.2) is 24.4 Å². The van der Waals surface area contributed by atoms with Crippen LogP contribution in [-0.4, -0.2) is 70.5 Å². The van der Waals surface area contributed by atoms with Crippen molar-refractivity contribution in [1.82, 2.24) is 15.2 Å². The fourth-order valence-electron chi connectivity index (χ4n) is 4.07. The summed E-state index contributed by atoms with van der Waals surface area (Å²) in [5.41, 5.74) is 0.564. The SMILES string of the molecule is CC(C)(C)OC(=O)N1CC[C@H]2C[C@H]1C(=O)NCC(F)COc1c(O)ccc3ncc(cc13)N2. The van der Waals surface area contributed by atoms with E-state index in [-0.39, 0.29) is 30.7 Å². The summed E-state index contributed by atoms with van der Waals surface area (Å²) in [5.74, 6) is -0.424. The van der Waals surface area contributed by atoms with Gasteiger partial charge in [-0.1, -0.05) is 0 Å². The van der Waals surface area contributed by atoms with Crippen molar-refractivity contribution in [2.75, 3.05) is 25.0 Å². The summed E-state index contributed by atoms with van der Waals surface area (Å²) in [5, 5.41) is 16.8. The number of fused-ring (bicyclic) bond motifs is 3. The minimum atomic E-state index is -1.52. The first kappa shape index (κ1) is 22.9. The van der Waals surface area contributed by atoms with Crippen molar-refractivity contribution in [2.24, 2.45) is 0 Å². The Morgan fingerprint density at radius 3 is 2.91 bits per heavy atom. The smallest absolute Gasteiger partial charge is 0.410 e. The molecule has 0 aliphatic carbocycles. The highest BCUT2D eigenvalue weighted by molar-refractivity contribution is 5.90. The van der Waals surface area contributed by atoms with Gasteiger partial charge in [0.15, 0.2) is 17.7 Å². The number of piperidine rings is 1. The lowest BCUT2D eigenvalue weighted by Crippen LogP contribution is -2.57. The number of likely N-dealkylation sites (tertiary alicyclic amines) is 1. The molecule has 1 saturated heterocycles. The Kier molecular flexibility index (Phi) is 6.18. The van der Waals surface area contributed by atoms with E-state index in [1.807, 2.05) is 0 Å². The maximum Gasteiger partial charge on any atom is 0.410 e. The molecule has 1 fully saturated rings. The van der Waals surface area contributed by atoms with E-state index >= 15 is 0 Å². The van der Waals surface area contributed by atoms with Gasteiger partial charge in [0.2, 0.25) is 5.91 Å². The molecule has 3 heterocycles. The van der Waals surface area contributed by atoms with Gasteiger partial charge in [-0.2, -0.15) is 0 Å². The zero-order chi connectivity index (χ0) is 23.8. The lowest BCUT2D eigenvalue weighted by atomic mass is 9.96. The second kappa shape index (κ2) is 8.92. The van der Waals surface area contributed by atoms with Gasteiger partial charge >= 0.3 is 6.09 Å². The van der Waals surface area contributed by atoms with Gasteiger partial charge in [0, 0.05) is 18.0 Å². The Labute approximate surface area is 191 Å². The van der Waals surface area contributed by atoms with Crippen molar-refractivity contribution in [1.29, 1.82) is 0 Å². The Bertz CT molecular complexity index is 1060. The van der Waals surface area contributed by atoms with Crippen molar-refractivity contribution in [3.05, 3.63) is 24.4 Å². The number of nitrogens with zero attached hydrogens (tertiary/aromatic N) is 2. The topological polar surface area (TPSA) is 113 Å². The zero-order valence-electron chi connectivity index (χ0n) is 18.9. The number of aromatic hydroxyl groups is 1. The number of aromatic nitrogens is 1. The average molecular weight is 461 g/mol. The maximum absolute atomic E-state index is 14.6. The molecule has 0 spiro atoms. The fraction of sp³-hybridized carbons (Fsp3) is 0.522. The third-order valence-corrected chi connectivity index (χ3v) is 5.61. The van der Waals surface area contributed by atoms with Crippen LogP contribution in [0, 0.1) is 0 Å². The largest absolute Gasteiger partial charge is 0.504 e. The third kappa shape index (κ3) is 5.20. The fourth-order valence-corrected chi connectivity index (χ4v) is 4.07. The predicted octanol–water partition coefficient (Wildman–Crippen LogP) is 2.97. The number of amides is 2. The molecule has 33 heavy (non-hydrogen) atoms. The summed E-state index contributed by atoms with van der Waals surface area (Å²) >= 11 is 0. The lowest BCUT2D eigenvalue weighted by Gasteiger charge is -2.39. The number of hydrogen-bond acceptors (Lipinski definition) is 7. The number of carbonyl (C=O) groups is 2. The van der Waals surface area contributed by atoms with E-state index in [0.717, 1.165) is 0 Å². The number of alkyl halides is 1. The quantitative estimate of drug-likeness (QED) is 0.554. The van der Waals surface area contributed by atoms with E-state index in [0.29, 0.717) is 36.0 Å². The van der Waals surface area contributed by atoms with Crippen LogP contribution in [0.1, 0.15) is 33.6 Å². The van der Waals surface area contributed by atoms with Gasteiger partial charge in [0.1, 0.15) is 18.2 Å². The van der Waals surface area contributed by atoms with Crippen LogP contribution in [0.3, 0.4) is 0 Å². The Hall–Kier alpha value is -3.30. The number of ether oxygens (including phenoxy) is 2. The molecule has 10 heteroatoms. The van der Waals surface area contributed by atoms with Gasteiger partial charge in [-0.3, -0.25) is 14.7 Å². The van der Waals surface area contributed by atoms with Crippen molar-refractivity contribution < 1.29 is 28.6 Å². The van der Waals surface area contributed by atoms with E-state index in [9.17, 15) is 19.1 Å². The number of phenolic OH excluding ortho intramolecular Hbond substituents is 1. The first-order chi connectivity index (χ1) is 15.6. The van der Waals surface area contributed by atoms with Crippen molar-refractivity contribution in [2.45, 2.75) is 57.5 Å². The molecular weight excluding hydrogens is 431 g/mol. The molecule has 1 unspecified atom stereocenters. The second-order valence-electron chi connectivity index (χ2n) is 9.41. The molecule has 2 aromatic rings. The standard InChI is InChI=1S/C23H29FN4O5/c1-23(2,3)33-22(31)28-7-6-14-9-18(28)21(30)26-10-13(24)12-32-20-16-8-15(27-14)11-25-17(16)4-5-19(20)29/h4-5,8,11,13-14,18,27,29H,6-7,9-10,12H2,1-3H3,(H,26,30)/t13?,14-,18-/m0/s1. The zero-order valence-corrected chi connectivity index (χ0v) is 18.9. The molecule has 3 N–H and O–H groups in total. The van der Waals surface area contributed by atoms with Gasteiger partial charge in [0.25, 0.3) is 0 Å². The Morgan fingerprint density at radius 2 is 2.15 bits per heavy atom. The molecule has 9 nitrogen and oxygen atoms in total. The highest BCUT2D eigenvalue weighted by atomic mass is 19.1. The summed E-state index contributed by atoms with van der Waals surface area (Å²) < 4.78 is 25.6. The minimum absolute atomic E-state index is 0.115. The normalized spacial score (nSPS) is 23.8. The summed E-state index contributed by atoms with van der Waals surface area (Å²) in [6.45, 7) is 4.94. The van der Waals surface area contributed by atoms with Gasteiger partial charge in [0.05, 0.1) is 23.9 Å². The highest BCUT2D eigenvalue weighted by Gasteiger charge is 2.38. The Morgan fingerprint density at radius 1 is 1.36 bits per heavy atom. The molecule has 2 aliphatic heterocycles. The Balaban J connectivity index is 1.65. The van der Waals surface area contributed by atoms with E-state index in [2.05, 4.69) is 15.6 Å². The number of halogens is 1. The number of carbonyl (C=O) groups excluding carboxylic acids is 2. The molecule has 2 aliphatic rings. The van der Waals surface area contributed by atoms with E-state index in [1.165, 1.54) is 11.0 Å². The molecule has 2 amide bonds. The molecule has 1 aromatic heterocycles. The highest BCUT2D eigenvalue weighted by Crippen LogP contribution is 2.36. The molecule has 4 rings (SSSR count). The average Bonchev–Trinajstić information content (AvgIpc) is 2.75. The van der Waals surface area contributed by atoms with Gasteiger partial charge in [-0.15, -0.1) is 0 Å². The second-order valence-corrected chi connectivity index (χ2v) is 9.41. The number of hydrogen-bond donors (Lipinski definition) is 3. The van der Waals surface area contributed by atoms with E-state index in [1.54, 1.807) is 39.1 Å². The molecule has 4 bridgehead atoms. The maximum atomic E-state index is 14.6. The van der Waals surface area contributed by atoms with Crippen LogP contribution in [-0.2, 0) is 9.53 Å². The number of benzene rings is 1. The summed E-state index contributed by atoms with van der Waals surface area (Å²) in [6, 6.07) is 3.95.